The summed E-state index contributed by atoms with van der Waals surface area (Å²) < 4.78 is 5.61. The monoisotopic (exact) mass is 257 g/mol. The highest BCUT2D eigenvalue weighted by atomic mass is 16.5. The summed E-state index contributed by atoms with van der Waals surface area (Å²) in [6, 6.07) is 8.07. The second-order valence-electron chi connectivity index (χ2n) is 4.53. The fourth-order valence-corrected chi connectivity index (χ4v) is 1.67. The Morgan fingerprint density at radius 2 is 2.32 bits per heavy atom. The predicted molar refractivity (Wildman–Crippen MR) is 75.9 cm³/mol. The molecule has 0 aliphatic heterocycles. The van der Waals surface area contributed by atoms with E-state index in [1.165, 1.54) is 5.56 Å². The highest BCUT2D eigenvalue weighted by Gasteiger charge is 1.98. The first-order valence-electron chi connectivity index (χ1n) is 6.29. The molecule has 0 saturated heterocycles. The molecule has 4 nitrogen and oxygen atoms in total. The zero-order chi connectivity index (χ0) is 13.5. The minimum Gasteiger partial charge on any atom is -0.489 e. The van der Waals surface area contributed by atoms with Crippen LogP contribution in [0.2, 0.25) is 0 Å². The van der Waals surface area contributed by atoms with Crippen LogP contribution in [0.4, 0.5) is 0 Å². The third-order valence-electron chi connectivity index (χ3n) is 2.56. The van der Waals surface area contributed by atoms with Crippen molar-refractivity contribution < 1.29 is 4.74 Å². The lowest BCUT2D eigenvalue weighted by Crippen LogP contribution is -2.13. The number of benzene rings is 1. The average molecular weight is 257 g/mol. The standard InChI is InChI=1S/C15H19N3O/c1-12(2)11-19-14-5-3-4-13(8-14)9-16-10-15-17-6-7-18-15/h3-8,16H,1,9-11H2,2H3,(H,17,18). The van der Waals surface area contributed by atoms with E-state index < -0.39 is 0 Å². The van der Waals surface area contributed by atoms with Crippen LogP contribution in [-0.2, 0) is 13.1 Å². The molecule has 19 heavy (non-hydrogen) atoms. The van der Waals surface area contributed by atoms with Crippen LogP contribution in [0.5, 0.6) is 5.75 Å². The number of rotatable bonds is 7. The van der Waals surface area contributed by atoms with Crippen LogP contribution < -0.4 is 10.1 Å². The van der Waals surface area contributed by atoms with Gasteiger partial charge in [-0.15, -0.1) is 0 Å². The Hall–Kier alpha value is -2.07. The van der Waals surface area contributed by atoms with Crippen LogP contribution >= 0.6 is 0 Å². The first-order valence-corrected chi connectivity index (χ1v) is 6.29. The molecule has 0 atom stereocenters. The van der Waals surface area contributed by atoms with Crippen LogP contribution in [0.3, 0.4) is 0 Å². The first kappa shape index (κ1) is 13.4. The maximum atomic E-state index is 5.61. The zero-order valence-electron chi connectivity index (χ0n) is 11.1. The van der Waals surface area contributed by atoms with E-state index in [1.807, 2.05) is 31.3 Å². The Morgan fingerprint density at radius 1 is 1.42 bits per heavy atom. The number of hydrogen-bond donors (Lipinski definition) is 2. The van der Waals surface area contributed by atoms with Gasteiger partial charge >= 0.3 is 0 Å². The molecule has 0 fully saturated rings. The van der Waals surface area contributed by atoms with Gasteiger partial charge in [0.05, 0.1) is 6.54 Å². The summed E-state index contributed by atoms with van der Waals surface area (Å²) >= 11 is 0. The summed E-state index contributed by atoms with van der Waals surface area (Å²) in [5.41, 5.74) is 2.20. The Labute approximate surface area is 113 Å². The number of nitrogens with zero attached hydrogens (tertiary/aromatic N) is 1. The van der Waals surface area contributed by atoms with Gasteiger partial charge in [-0.05, 0) is 30.2 Å². The molecule has 100 valence electrons. The molecule has 0 saturated carbocycles. The number of nitrogens with one attached hydrogen (secondary N) is 2. The molecular formula is C15H19N3O. The highest BCUT2D eigenvalue weighted by Crippen LogP contribution is 2.14. The van der Waals surface area contributed by atoms with Crippen molar-refractivity contribution in [2.75, 3.05) is 6.61 Å². The smallest absolute Gasteiger partial charge is 0.120 e. The Bertz CT molecular complexity index is 520. The Kier molecular flexibility index (Phi) is 4.75. The van der Waals surface area contributed by atoms with Crippen LogP contribution in [0.15, 0.2) is 48.8 Å². The lowest BCUT2D eigenvalue weighted by molar-refractivity contribution is 0.352. The number of aromatic nitrogens is 2. The second-order valence-corrected chi connectivity index (χ2v) is 4.53. The molecule has 0 amide bonds. The van der Waals surface area contributed by atoms with Gasteiger partial charge in [0.25, 0.3) is 0 Å². The topological polar surface area (TPSA) is 49.9 Å². The number of hydrogen-bond acceptors (Lipinski definition) is 3. The van der Waals surface area contributed by atoms with Gasteiger partial charge in [-0.2, -0.15) is 0 Å². The van der Waals surface area contributed by atoms with Crippen LogP contribution in [-0.4, -0.2) is 16.6 Å². The summed E-state index contributed by atoms with van der Waals surface area (Å²) in [6.45, 7) is 7.84. The van der Waals surface area contributed by atoms with Crippen molar-refractivity contribution in [3.05, 3.63) is 60.2 Å². The molecule has 1 heterocycles. The van der Waals surface area contributed by atoms with Gasteiger partial charge in [-0.1, -0.05) is 18.7 Å². The van der Waals surface area contributed by atoms with Crippen molar-refractivity contribution in [2.45, 2.75) is 20.0 Å². The van der Waals surface area contributed by atoms with Crippen molar-refractivity contribution in [3.8, 4) is 5.75 Å². The molecule has 2 N–H and O–H groups in total. The van der Waals surface area contributed by atoms with Gasteiger partial charge < -0.3 is 15.0 Å². The molecule has 0 spiro atoms. The van der Waals surface area contributed by atoms with Crippen molar-refractivity contribution in [1.29, 1.82) is 0 Å². The van der Waals surface area contributed by atoms with E-state index in [0.29, 0.717) is 6.61 Å². The molecule has 0 radical (unpaired) electrons. The summed E-state index contributed by atoms with van der Waals surface area (Å²) in [4.78, 5) is 7.22. The van der Waals surface area contributed by atoms with Crippen molar-refractivity contribution >= 4 is 0 Å². The van der Waals surface area contributed by atoms with Crippen molar-refractivity contribution in [2.24, 2.45) is 0 Å². The Morgan fingerprint density at radius 3 is 3.05 bits per heavy atom. The molecule has 2 rings (SSSR count). The number of aromatic amines is 1. The molecule has 0 bridgehead atoms. The van der Waals surface area contributed by atoms with Crippen LogP contribution in [0.25, 0.3) is 0 Å². The summed E-state index contributed by atoms with van der Waals surface area (Å²) in [6.07, 6.45) is 3.58. The first-order chi connectivity index (χ1) is 9.24. The number of H-pyrrole nitrogens is 1. The maximum absolute atomic E-state index is 5.61. The van der Waals surface area contributed by atoms with E-state index in [0.717, 1.165) is 30.2 Å². The SMILES string of the molecule is C=C(C)COc1cccc(CNCc2ncc[nH]2)c1. The number of ether oxygens (including phenoxy) is 1. The molecule has 0 aliphatic rings. The molecule has 1 aromatic carbocycles. The summed E-state index contributed by atoms with van der Waals surface area (Å²) in [5, 5.41) is 3.33. The van der Waals surface area contributed by atoms with Gasteiger partial charge in [0, 0.05) is 18.9 Å². The molecule has 0 aliphatic carbocycles. The number of imidazole rings is 1. The Balaban J connectivity index is 1.82. The van der Waals surface area contributed by atoms with Gasteiger partial charge in [-0.3, -0.25) is 0 Å². The van der Waals surface area contributed by atoms with Gasteiger partial charge in [0.2, 0.25) is 0 Å². The maximum Gasteiger partial charge on any atom is 0.120 e. The fourth-order valence-electron chi connectivity index (χ4n) is 1.67. The minimum atomic E-state index is 0.559. The molecular weight excluding hydrogens is 238 g/mol. The lowest BCUT2D eigenvalue weighted by Gasteiger charge is -2.08. The highest BCUT2D eigenvalue weighted by molar-refractivity contribution is 5.28. The zero-order valence-corrected chi connectivity index (χ0v) is 11.1. The van der Waals surface area contributed by atoms with E-state index >= 15 is 0 Å². The quantitative estimate of drug-likeness (QED) is 0.750. The van der Waals surface area contributed by atoms with Gasteiger partial charge in [0.1, 0.15) is 18.2 Å². The van der Waals surface area contributed by atoms with Gasteiger partial charge in [-0.25, -0.2) is 4.98 Å². The predicted octanol–water partition coefficient (Wildman–Crippen LogP) is 2.65. The molecule has 4 heteroatoms. The van der Waals surface area contributed by atoms with Crippen molar-refractivity contribution in [1.82, 2.24) is 15.3 Å². The van der Waals surface area contributed by atoms with E-state index in [-0.39, 0.29) is 0 Å². The third kappa shape index (κ3) is 4.60. The summed E-state index contributed by atoms with van der Waals surface area (Å²) in [5.74, 6) is 1.81. The van der Waals surface area contributed by atoms with Crippen molar-refractivity contribution in [3.63, 3.8) is 0 Å². The van der Waals surface area contributed by atoms with E-state index in [2.05, 4.69) is 27.9 Å². The minimum absolute atomic E-state index is 0.559. The average Bonchev–Trinajstić information content (AvgIpc) is 2.90. The molecule has 0 unspecified atom stereocenters. The molecule has 1 aromatic heterocycles. The van der Waals surface area contributed by atoms with E-state index in [9.17, 15) is 0 Å². The van der Waals surface area contributed by atoms with Crippen LogP contribution in [0.1, 0.15) is 18.3 Å². The molecule has 2 aromatic rings. The third-order valence-corrected chi connectivity index (χ3v) is 2.56. The second kappa shape index (κ2) is 6.75. The normalized spacial score (nSPS) is 10.4. The van der Waals surface area contributed by atoms with E-state index in [1.54, 1.807) is 6.20 Å². The van der Waals surface area contributed by atoms with E-state index in [4.69, 9.17) is 4.74 Å². The fraction of sp³-hybridized carbons (Fsp3) is 0.267. The largest absolute Gasteiger partial charge is 0.489 e. The lowest BCUT2D eigenvalue weighted by atomic mass is 10.2. The van der Waals surface area contributed by atoms with Crippen LogP contribution in [0, 0.1) is 0 Å². The summed E-state index contributed by atoms with van der Waals surface area (Å²) in [7, 11) is 0. The van der Waals surface area contributed by atoms with Gasteiger partial charge in [0.15, 0.2) is 0 Å².